The summed E-state index contributed by atoms with van der Waals surface area (Å²) in [4.78, 5) is 30.3. The van der Waals surface area contributed by atoms with Crippen molar-refractivity contribution < 1.29 is 14.3 Å². The Hall–Kier alpha value is -2.41. The van der Waals surface area contributed by atoms with Gasteiger partial charge in [-0.2, -0.15) is 0 Å². The van der Waals surface area contributed by atoms with Crippen molar-refractivity contribution in [2.45, 2.75) is 12.5 Å². The van der Waals surface area contributed by atoms with Crippen molar-refractivity contribution in [3.8, 4) is 0 Å². The molecular formula is C18H20BrN3O3. The lowest BCUT2D eigenvalue weighted by molar-refractivity contribution is -0.141. The number of carbonyl (C=O) groups excluding carboxylic acids is 2. The number of amides is 1. The monoisotopic (exact) mass is 405 g/mol. The van der Waals surface area contributed by atoms with Gasteiger partial charge in [-0.3, -0.25) is 9.59 Å². The lowest BCUT2D eigenvalue weighted by atomic mass is 10.0. The van der Waals surface area contributed by atoms with Crippen LogP contribution in [0.3, 0.4) is 0 Å². The average molecular weight is 406 g/mol. The van der Waals surface area contributed by atoms with E-state index in [0.717, 1.165) is 15.9 Å². The van der Waals surface area contributed by atoms with E-state index in [4.69, 9.17) is 4.74 Å². The molecule has 0 saturated heterocycles. The van der Waals surface area contributed by atoms with Crippen molar-refractivity contribution >= 4 is 33.6 Å². The molecule has 1 atom stereocenters. The largest absolute Gasteiger partial charge is 0.469 e. The summed E-state index contributed by atoms with van der Waals surface area (Å²) in [5.41, 5.74) is 1.25. The lowest BCUT2D eigenvalue weighted by Gasteiger charge is -2.19. The van der Waals surface area contributed by atoms with Gasteiger partial charge in [-0.25, -0.2) is 4.98 Å². The molecule has 0 aliphatic rings. The average Bonchev–Trinajstić information content (AvgIpc) is 2.61. The predicted octanol–water partition coefficient (Wildman–Crippen LogP) is 2.94. The molecule has 0 unspecified atom stereocenters. The molecule has 1 heterocycles. The first kappa shape index (κ1) is 18.9. The van der Waals surface area contributed by atoms with Gasteiger partial charge in [0.1, 0.15) is 5.82 Å². The molecule has 25 heavy (non-hydrogen) atoms. The van der Waals surface area contributed by atoms with Crippen LogP contribution in [-0.4, -0.2) is 38.1 Å². The van der Waals surface area contributed by atoms with Crippen LogP contribution in [0.4, 0.5) is 5.82 Å². The summed E-state index contributed by atoms with van der Waals surface area (Å²) in [6.07, 6.45) is 1.56. The number of methoxy groups -OCH3 is 1. The van der Waals surface area contributed by atoms with Crippen LogP contribution in [0.25, 0.3) is 0 Å². The minimum Gasteiger partial charge on any atom is -0.469 e. The number of nitrogens with zero attached hydrogens (tertiary/aromatic N) is 2. The van der Waals surface area contributed by atoms with E-state index in [2.05, 4.69) is 26.2 Å². The maximum Gasteiger partial charge on any atom is 0.307 e. The zero-order chi connectivity index (χ0) is 18.4. The molecule has 6 nitrogen and oxygen atoms in total. The second-order valence-electron chi connectivity index (χ2n) is 5.66. The third kappa shape index (κ3) is 5.29. The molecule has 0 aliphatic carbocycles. The summed E-state index contributed by atoms with van der Waals surface area (Å²) in [6.45, 7) is 0. The van der Waals surface area contributed by atoms with Crippen molar-refractivity contribution in [3.05, 3.63) is 58.2 Å². The Labute approximate surface area is 155 Å². The van der Waals surface area contributed by atoms with Crippen LogP contribution >= 0.6 is 15.9 Å². The first-order chi connectivity index (χ1) is 11.9. The van der Waals surface area contributed by atoms with Crippen LogP contribution in [0.1, 0.15) is 28.4 Å². The fourth-order valence-corrected chi connectivity index (χ4v) is 2.49. The highest BCUT2D eigenvalue weighted by Crippen LogP contribution is 2.21. The Morgan fingerprint density at radius 3 is 2.40 bits per heavy atom. The van der Waals surface area contributed by atoms with Gasteiger partial charge < -0.3 is 15.0 Å². The van der Waals surface area contributed by atoms with Crippen LogP contribution in [0.15, 0.2) is 47.1 Å². The van der Waals surface area contributed by atoms with E-state index < -0.39 is 12.0 Å². The molecular weight excluding hydrogens is 386 g/mol. The minimum atomic E-state index is -0.485. The number of hydrogen-bond donors (Lipinski definition) is 1. The number of ether oxygens (including phenoxy) is 1. The number of esters is 1. The topological polar surface area (TPSA) is 71.5 Å². The number of nitrogens with one attached hydrogen (secondary N) is 1. The number of pyridine rings is 1. The van der Waals surface area contributed by atoms with E-state index in [-0.39, 0.29) is 12.3 Å². The summed E-state index contributed by atoms with van der Waals surface area (Å²) in [5.74, 6) is 0.0690. The maximum atomic E-state index is 12.5. The quantitative estimate of drug-likeness (QED) is 0.747. The highest BCUT2D eigenvalue weighted by atomic mass is 79.9. The van der Waals surface area contributed by atoms with Gasteiger partial charge in [0.2, 0.25) is 0 Å². The molecule has 0 saturated carbocycles. The molecule has 0 spiro atoms. The smallest absolute Gasteiger partial charge is 0.307 e. The van der Waals surface area contributed by atoms with Crippen molar-refractivity contribution in [2.75, 3.05) is 26.1 Å². The van der Waals surface area contributed by atoms with Gasteiger partial charge >= 0.3 is 5.97 Å². The summed E-state index contributed by atoms with van der Waals surface area (Å²) >= 11 is 3.37. The van der Waals surface area contributed by atoms with Crippen LogP contribution in [0, 0.1) is 0 Å². The van der Waals surface area contributed by atoms with E-state index in [1.165, 1.54) is 13.3 Å². The minimum absolute atomic E-state index is 0.0487. The zero-order valence-electron chi connectivity index (χ0n) is 14.3. The van der Waals surface area contributed by atoms with Gasteiger partial charge in [0.15, 0.2) is 0 Å². The first-order valence-electron chi connectivity index (χ1n) is 7.67. The van der Waals surface area contributed by atoms with Crippen molar-refractivity contribution in [2.24, 2.45) is 0 Å². The number of hydrogen-bond acceptors (Lipinski definition) is 5. The molecule has 1 amide bonds. The van der Waals surface area contributed by atoms with E-state index in [1.807, 2.05) is 43.3 Å². The summed E-state index contributed by atoms with van der Waals surface area (Å²) in [5, 5.41) is 2.87. The molecule has 2 aromatic rings. The molecule has 7 heteroatoms. The number of aromatic nitrogens is 1. The van der Waals surface area contributed by atoms with Crippen LogP contribution in [0.5, 0.6) is 0 Å². The van der Waals surface area contributed by atoms with Gasteiger partial charge in [-0.05, 0) is 29.8 Å². The van der Waals surface area contributed by atoms with E-state index in [0.29, 0.717) is 5.56 Å². The fraction of sp³-hybridized carbons (Fsp3) is 0.278. The lowest BCUT2D eigenvalue weighted by Crippen LogP contribution is -2.30. The Balaban J connectivity index is 2.18. The highest BCUT2D eigenvalue weighted by molar-refractivity contribution is 9.10. The molecule has 1 aromatic carbocycles. The first-order valence-corrected chi connectivity index (χ1v) is 8.46. The molecule has 2 rings (SSSR count). The Morgan fingerprint density at radius 1 is 1.20 bits per heavy atom. The number of benzene rings is 1. The second-order valence-corrected chi connectivity index (χ2v) is 6.57. The van der Waals surface area contributed by atoms with Gasteiger partial charge in [0, 0.05) is 24.8 Å². The van der Waals surface area contributed by atoms with E-state index >= 15 is 0 Å². The Morgan fingerprint density at radius 2 is 1.88 bits per heavy atom. The molecule has 0 aliphatic heterocycles. The molecule has 1 aromatic heterocycles. The molecule has 1 N–H and O–H groups in total. The van der Waals surface area contributed by atoms with E-state index in [9.17, 15) is 9.59 Å². The van der Waals surface area contributed by atoms with Gasteiger partial charge in [0.05, 0.1) is 25.1 Å². The van der Waals surface area contributed by atoms with E-state index in [1.54, 1.807) is 12.1 Å². The summed E-state index contributed by atoms with van der Waals surface area (Å²) in [6, 6.07) is 10.4. The van der Waals surface area contributed by atoms with Crippen molar-refractivity contribution in [1.29, 1.82) is 0 Å². The highest BCUT2D eigenvalue weighted by Gasteiger charge is 2.20. The zero-order valence-corrected chi connectivity index (χ0v) is 15.9. The van der Waals surface area contributed by atoms with Crippen molar-refractivity contribution in [1.82, 2.24) is 10.3 Å². The molecule has 0 bridgehead atoms. The molecule has 0 radical (unpaired) electrons. The maximum absolute atomic E-state index is 12.5. The van der Waals surface area contributed by atoms with Gasteiger partial charge in [0.25, 0.3) is 5.91 Å². The fourth-order valence-electron chi connectivity index (χ4n) is 2.22. The second kappa shape index (κ2) is 8.62. The normalized spacial score (nSPS) is 11.5. The molecule has 132 valence electrons. The number of carbonyl (C=O) groups is 2. The predicted molar refractivity (Wildman–Crippen MR) is 99.5 cm³/mol. The number of halogens is 1. The third-order valence-corrected chi connectivity index (χ3v) is 4.17. The Kier molecular flexibility index (Phi) is 6.52. The number of rotatable bonds is 6. The molecule has 0 fully saturated rings. The number of anilines is 1. The summed E-state index contributed by atoms with van der Waals surface area (Å²) in [7, 11) is 5.08. The van der Waals surface area contributed by atoms with Crippen LogP contribution < -0.4 is 10.2 Å². The van der Waals surface area contributed by atoms with Crippen LogP contribution in [0.2, 0.25) is 0 Å². The van der Waals surface area contributed by atoms with Crippen LogP contribution in [-0.2, 0) is 9.53 Å². The Bertz CT molecular complexity index is 730. The van der Waals surface area contributed by atoms with Gasteiger partial charge in [-0.15, -0.1) is 0 Å². The third-order valence-electron chi connectivity index (χ3n) is 3.64. The standard InChI is InChI=1S/C18H20BrN3O3/c1-22(2)16-9-6-13(11-20-16)18(24)21-15(10-17(23)25-3)12-4-7-14(19)8-5-12/h4-9,11,15H,10H2,1-3H3,(H,21,24)/t15-/m0/s1. The SMILES string of the molecule is COC(=O)C[C@H](NC(=O)c1ccc(N(C)C)nc1)c1ccc(Br)cc1. The van der Waals surface area contributed by atoms with Crippen molar-refractivity contribution in [3.63, 3.8) is 0 Å². The summed E-state index contributed by atoms with van der Waals surface area (Å²) < 4.78 is 5.66. The van der Waals surface area contributed by atoms with Gasteiger partial charge in [-0.1, -0.05) is 28.1 Å².